The molecule has 5 nitrogen and oxygen atoms in total. The van der Waals surface area contributed by atoms with Crippen LogP contribution in [0.4, 0.5) is 0 Å². The van der Waals surface area contributed by atoms with Crippen LogP contribution in [-0.2, 0) is 27.9 Å². The van der Waals surface area contributed by atoms with Gasteiger partial charge in [-0.25, -0.2) is 9.79 Å². The Morgan fingerprint density at radius 1 is 0.968 bits per heavy atom. The van der Waals surface area contributed by atoms with Crippen LogP contribution in [-0.4, -0.2) is 22.5 Å². The van der Waals surface area contributed by atoms with Gasteiger partial charge in [0.1, 0.15) is 6.61 Å². The molecule has 2 atom stereocenters. The summed E-state index contributed by atoms with van der Waals surface area (Å²) >= 11 is 0. The van der Waals surface area contributed by atoms with E-state index in [1.165, 1.54) is 0 Å². The van der Waals surface area contributed by atoms with E-state index in [-0.39, 0.29) is 6.61 Å². The number of aryl methyl sites for hydroxylation is 1. The Hall–Kier alpha value is -3.86. The van der Waals surface area contributed by atoms with E-state index in [4.69, 9.17) is 9.47 Å². The maximum Gasteiger partial charge on any atom is 0.335 e. The van der Waals surface area contributed by atoms with Gasteiger partial charge in [-0.1, -0.05) is 66.7 Å². The van der Waals surface area contributed by atoms with Gasteiger partial charge in [-0.3, -0.25) is 0 Å². The van der Waals surface area contributed by atoms with Gasteiger partial charge in [0.25, 0.3) is 0 Å². The first-order chi connectivity index (χ1) is 15.2. The molecule has 4 aromatic rings. The van der Waals surface area contributed by atoms with Crippen LogP contribution >= 0.6 is 0 Å². The summed E-state index contributed by atoms with van der Waals surface area (Å²) in [4.78, 5) is 17.7. The zero-order valence-corrected chi connectivity index (χ0v) is 17.1. The van der Waals surface area contributed by atoms with E-state index in [2.05, 4.69) is 27.8 Å². The van der Waals surface area contributed by atoms with Gasteiger partial charge in [0, 0.05) is 18.1 Å². The maximum absolute atomic E-state index is 13.1. The number of benzene rings is 3. The standard InChI is InChI=1S/C26H22N2O3/c1-28-21-15-9-8-14-20(21)16-22(28)24-23(26(29)30-17-18-10-4-2-5-11-18)27-25(31-24)19-12-6-3-7-13-19/h2-16,23-24H,17H2,1H3. The Balaban J connectivity index is 1.48. The zero-order chi connectivity index (χ0) is 21.2. The second kappa shape index (κ2) is 8.11. The van der Waals surface area contributed by atoms with Gasteiger partial charge < -0.3 is 14.0 Å². The highest BCUT2D eigenvalue weighted by Gasteiger charge is 2.40. The molecule has 31 heavy (non-hydrogen) atoms. The Morgan fingerprint density at radius 2 is 1.65 bits per heavy atom. The highest BCUT2D eigenvalue weighted by atomic mass is 16.5. The molecular formula is C26H22N2O3. The average molecular weight is 410 g/mol. The lowest BCUT2D eigenvalue weighted by Gasteiger charge is -2.18. The number of aliphatic imine (C=N–C) groups is 1. The minimum Gasteiger partial charge on any atom is -0.465 e. The van der Waals surface area contributed by atoms with Crippen LogP contribution in [0.3, 0.4) is 0 Å². The van der Waals surface area contributed by atoms with E-state index in [1.807, 2.05) is 79.8 Å². The summed E-state index contributed by atoms with van der Waals surface area (Å²) in [6, 6.07) is 28.7. The van der Waals surface area contributed by atoms with Gasteiger partial charge in [0.15, 0.2) is 12.1 Å². The predicted octanol–water partition coefficient (Wildman–Crippen LogP) is 4.81. The highest BCUT2D eigenvalue weighted by Crippen LogP contribution is 2.35. The van der Waals surface area contributed by atoms with E-state index in [0.29, 0.717) is 5.90 Å². The highest BCUT2D eigenvalue weighted by molar-refractivity contribution is 5.98. The summed E-state index contributed by atoms with van der Waals surface area (Å²) in [5.41, 5.74) is 3.73. The number of para-hydroxylation sites is 1. The van der Waals surface area contributed by atoms with Gasteiger partial charge in [-0.05, 0) is 35.2 Å². The van der Waals surface area contributed by atoms with Crippen LogP contribution in [0.5, 0.6) is 0 Å². The number of aromatic nitrogens is 1. The van der Waals surface area contributed by atoms with Crippen LogP contribution in [0.15, 0.2) is 96.0 Å². The lowest BCUT2D eigenvalue weighted by molar-refractivity contribution is -0.148. The second-order valence-corrected chi connectivity index (χ2v) is 7.56. The SMILES string of the molecule is Cn1c(C2OC(c3ccccc3)=NC2C(=O)OCc2ccccc2)cc2ccccc21. The van der Waals surface area contributed by atoms with Crippen molar-refractivity contribution in [2.45, 2.75) is 18.8 Å². The quantitative estimate of drug-likeness (QED) is 0.444. The number of carbonyl (C=O) groups is 1. The third kappa shape index (κ3) is 3.70. The number of rotatable bonds is 5. The van der Waals surface area contributed by atoms with E-state index in [0.717, 1.165) is 27.7 Å². The molecule has 0 bridgehead atoms. The molecule has 1 aromatic heterocycles. The van der Waals surface area contributed by atoms with E-state index in [9.17, 15) is 4.79 Å². The summed E-state index contributed by atoms with van der Waals surface area (Å²) in [7, 11) is 1.98. The number of hydrogen-bond donors (Lipinski definition) is 0. The molecule has 1 aliphatic heterocycles. The molecule has 3 aromatic carbocycles. The molecule has 2 heterocycles. The summed E-state index contributed by atoms with van der Waals surface area (Å²) in [5.74, 6) is 0.0579. The van der Waals surface area contributed by atoms with E-state index >= 15 is 0 Å². The lowest BCUT2D eigenvalue weighted by Crippen LogP contribution is -2.27. The van der Waals surface area contributed by atoms with Crippen molar-refractivity contribution in [1.29, 1.82) is 0 Å². The van der Waals surface area contributed by atoms with Gasteiger partial charge in [0.05, 0.1) is 5.69 Å². The van der Waals surface area contributed by atoms with Crippen LogP contribution in [0.25, 0.3) is 10.9 Å². The Kier molecular flexibility index (Phi) is 5.00. The van der Waals surface area contributed by atoms with Gasteiger partial charge in [0.2, 0.25) is 5.90 Å². The first kappa shape index (κ1) is 19.1. The molecule has 0 aliphatic carbocycles. The second-order valence-electron chi connectivity index (χ2n) is 7.56. The molecule has 0 fully saturated rings. The number of carbonyl (C=O) groups excluding carboxylic acids is 1. The Labute approximate surface area is 180 Å². The van der Waals surface area contributed by atoms with Crippen molar-refractivity contribution < 1.29 is 14.3 Å². The molecule has 5 rings (SSSR count). The van der Waals surface area contributed by atoms with Crippen molar-refractivity contribution in [3.05, 3.63) is 108 Å². The molecule has 0 N–H and O–H groups in total. The number of esters is 1. The first-order valence-electron chi connectivity index (χ1n) is 10.3. The molecule has 154 valence electrons. The van der Waals surface area contributed by atoms with Crippen molar-refractivity contribution >= 4 is 22.8 Å². The lowest BCUT2D eigenvalue weighted by atomic mass is 10.1. The molecule has 1 aliphatic rings. The van der Waals surface area contributed by atoms with Gasteiger partial charge in [-0.15, -0.1) is 0 Å². The van der Waals surface area contributed by atoms with Crippen LogP contribution in [0, 0.1) is 0 Å². The number of nitrogens with zero attached hydrogens (tertiary/aromatic N) is 2. The van der Waals surface area contributed by atoms with Gasteiger partial charge >= 0.3 is 5.97 Å². The average Bonchev–Trinajstić information content (AvgIpc) is 3.41. The minimum atomic E-state index is -0.776. The molecule has 0 saturated carbocycles. The number of fused-ring (bicyclic) bond motifs is 1. The van der Waals surface area contributed by atoms with Crippen molar-refractivity contribution in [1.82, 2.24) is 4.57 Å². The van der Waals surface area contributed by atoms with Crippen molar-refractivity contribution in [2.24, 2.45) is 12.0 Å². The van der Waals surface area contributed by atoms with Gasteiger partial charge in [-0.2, -0.15) is 0 Å². The largest absolute Gasteiger partial charge is 0.465 e. The maximum atomic E-state index is 13.1. The fourth-order valence-electron chi connectivity index (χ4n) is 3.93. The Bertz CT molecular complexity index is 1250. The molecule has 0 saturated heterocycles. The smallest absolute Gasteiger partial charge is 0.335 e. The monoisotopic (exact) mass is 410 g/mol. The summed E-state index contributed by atoms with van der Waals surface area (Å²) in [6.07, 6.45) is -0.559. The number of ether oxygens (including phenoxy) is 2. The molecule has 0 amide bonds. The minimum absolute atomic E-state index is 0.203. The third-order valence-corrected chi connectivity index (χ3v) is 5.55. The van der Waals surface area contributed by atoms with E-state index in [1.54, 1.807) is 0 Å². The Morgan fingerprint density at radius 3 is 2.39 bits per heavy atom. The molecule has 0 spiro atoms. The van der Waals surface area contributed by atoms with E-state index < -0.39 is 18.1 Å². The summed E-state index contributed by atoms with van der Waals surface area (Å²) < 4.78 is 13.9. The predicted molar refractivity (Wildman–Crippen MR) is 120 cm³/mol. The normalized spacial score (nSPS) is 17.9. The van der Waals surface area contributed by atoms with Crippen molar-refractivity contribution in [3.63, 3.8) is 0 Å². The van der Waals surface area contributed by atoms with Crippen LogP contribution < -0.4 is 0 Å². The van der Waals surface area contributed by atoms with Crippen LogP contribution in [0.2, 0.25) is 0 Å². The van der Waals surface area contributed by atoms with Crippen LogP contribution in [0.1, 0.15) is 22.9 Å². The van der Waals surface area contributed by atoms with Crippen molar-refractivity contribution in [3.8, 4) is 0 Å². The van der Waals surface area contributed by atoms with Crippen molar-refractivity contribution in [2.75, 3.05) is 0 Å². The molecule has 2 unspecified atom stereocenters. The fraction of sp³-hybridized carbons (Fsp3) is 0.154. The third-order valence-electron chi connectivity index (χ3n) is 5.55. The molecule has 0 radical (unpaired) electrons. The zero-order valence-electron chi connectivity index (χ0n) is 17.1. The summed E-state index contributed by atoms with van der Waals surface area (Å²) in [5, 5.41) is 1.09. The summed E-state index contributed by atoms with van der Waals surface area (Å²) in [6.45, 7) is 0.203. The topological polar surface area (TPSA) is 52.8 Å². The fourth-order valence-corrected chi connectivity index (χ4v) is 3.93. The number of hydrogen-bond acceptors (Lipinski definition) is 4. The molecular weight excluding hydrogens is 388 g/mol. The first-order valence-corrected chi connectivity index (χ1v) is 10.3. The molecule has 5 heteroatoms.